The third-order valence-electron chi connectivity index (χ3n) is 6.11. The van der Waals surface area contributed by atoms with Crippen molar-refractivity contribution in [3.8, 4) is 0 Å². The SMILES string of the molecule is COC(=O)c1c(NC(=O)CC2SC(=Nc3ccccc3)N(c3ccccc3)C2=O)sc2c1CCCC2. The van der Waals surface area contributed by atoms with Gasteiger partial charge in [-0.25, -0.2) is 9.79 Å². The highest BCUT2D eigenvalue weighted by Gasteiger charge is 2.40. The van der Waals surface area contributed by atoms with Gasteiger partial charge >= 0.3 is 5.97 Å². The van der Waals surface area contributed by atoms with E-state index in [0.717, 1.165) is 41.8 Å². The van der Waals surface area contributed by atoms with Gasteiger partial charge in [0.2, 0.25) is 11.8 Å². The molecule has 0 saturated carbocycles. The zero-order valence-electron chi connectivity index (χ0n) is 19.7. The molecule has 184 valence electrons. The fraction of sp³-hybridized carbons (Fsp3) is 0.259. The van der Waals surface area contributed by atoms with E-state index in [-0.39, 0.29) is 18.2 Å². The maximum absolute atomic E-state index is 13.4. The molecule has 1 aliphatic heterocycles. The molecular formula is C27H25N3O4S2. The Morgan fingerprint density at radius 2 is 1.75 bits per heavy atom. The van der Waals surface area contributed by atoms with Crippen molar-refractivity contribution in [2.24, 2.45) is 4.99 Å². The van der Waals surface area contributed by atoms with E-state index in [1.165, 1.54) is 30.2 Å². The van der Waals surface area contributed by atoms with Gasteiger partial charge in [0.15, 0.2) is 5.17 Å². The highest BCUT2D eigenvalue weighted by Crippen LogP contribution is 2.39. The summed E-state index contributed by atoms with van der Waals surface area (Å²) in [6.07, 6.45) is 3.72. The van der Waals surface area contributed by atoms with E-state index < -0.39 is 11.2 Å². The Bertz CT molecular complexity index is 1320. The number of anilines is 2. The Kier molecular flexibility index (Phi) is 7.20. The molecule has 2 aromatic carbocycles. The zero-order valence-corrected chi connectivity index (χ0v) is 21.4. The molecule has 1 atom stereocenters. The summed E-state index contributed by atoms with van der Waals surface area (Å²) in [5, 5.41) is 3.30. The van der Waals surface area contributed by atoms with Crippen molar-refractivity contribution >= 4 is 62.4 Å². The molecule has 1 N–H and O–H groups in total. The Morgan fingerprint density at radius 1 is 1.06 bits per heavy atom. The molecule has 0 bridgehead atoms. The molecule has 1 unspecified atom stereocenters. The number of aryl methyl sites for hydroxylation is 1. The molecule has 2 amide bonds. The average Bonchev–Trinajstić information content (AvgIpc) is 3.41. The fourth-order valence-corrected chi connectivity index (χ4v) is 6.87. The van der Waals surface area contributed by atoms with Crippen molar-refractivity contribution in [1.82, 2.24) is 0 Å². The van der Waals surface area contributed by atoms with Crippen LogP contribution in [0.2, 0.25) is 0 Å². The van der Waals surface area contributed by atoms with Crippen LogP contribution in [-0.2, 0) is 27.2 Å². The number of esters is 1. The van der Waals surface area contributed by atoms with Crippen molar-refractivity contribution in [2.75, 3.05) is 17.3 Å². The minimum absolute atomic E-state index is 0.0379. The quantitative estimate of drug-likeness (QED) is 0.430. The summed E-state index contributed by atoms with van der Waals surface area (Å²) in [4.78, 5) is 46.5. The van der Waals surface area contributed by atoms with Crippen molar-refractivity contribution in [3.05, 3.63) is 76.7 Å². The lowest BCUT2D eigenvalue weighted by Gasteiger charge is -2.16. The van der Waals surface area contributed by atoms with Crippen molar-refractivity contribution in [2.45, 2.75) is 37.4 Å². The number of amides is 2. The Labute approximate surface area is 217 Å². The fourth-order valence-electron chi connectivity index (χ4n) is 4.42. The number of amidine groups is 1. The van der Waals surface area contributed by atoms with Gasteiger partial charge in [-0.3, -0.25) is 14.5 Å². The van der Waals surface area contributed by atoms with Gasteiger partial charge in [-0.1, -0.05) is 48.2 Å². The smallest absolute Gasteiger partial charge is 0.341 e. The lowest BCUT2D eigenvalue weighted by Crippen LogP contribution is -2.33. The number of para-hydroxylation sites is 2. The van der Waals surface area contributed by atoms with Gasteiger partial charge in [0.25, 0.3) is 0 Å². The summed E-state index contributed by atoms with van der Waals surface area (Å²) in [6, 6.07) is 18.7. The number of thioether (sulfide) groups is 1. The number of carbonyl (C=O) groups is 3. The first-order chi connectivity index (χ1) is 17.5. The highest BCUT2D eigenvalue weighted by molar-refractivity contribution is 8.16. The first kappa shape index (κ1) is 24.3. The molecule has 0 spiro atoms. The van der Waals surface area contributed by atoms with Crippen LogP contribution >= 0.6 is 23.1 Å². The summed E-state index contributed by atoms with van der Waals surface area (Å²) in [6.45, 7) is 0. The number of rotatable bonds is 6. The molecule has 3 aromatic rings. The van der Waals surface area contributed by atoms with E-state index in [2.05, 4.69) is 5.32 Å². The summed E-state index contributed by atoms with van der Waals surface area (Å²) in [5.74, 6) is -0.961. The molecule has 5 rings (SSSR count). The van der Waals surface area contributed by atoms with Crippen LogP contribution in [0.25, 0.3) is 0 Å². The summed E-state index contributed by atoms with van der Waals surface area (Å²) in [5.41, 5.74) is 2.86. The average molecular weight is 520 g/mol. The minimum Gasteiger partial charge on any atom is -0.465 e. The third-order valence-corrected chi connectivity index (χ3v) is 8.46. The number of fused-ring (bicyclic) bond motifs is 1. The van der Waals surface area contributed by atoms with E-state index in [1.54, 1.807) is 4.90 Å². The zero-order chi connectivity index (χ0) is 25.1. The number of hydrogen-bond donors (Lipinski definition) is 1. The molecule has 1 saturated heterocycles. The third kappa shape index (κ3) is 4.94. The standard InChI is InChI=1S/C27H25N3O4S2/c1-34-26(33)23-19-14-8-9-15-20(19)35-24(23)29-22(31)16-21-25(32)30(18-12-6-3-7-13-18)27(36-21)28-17-10-4-2-5-11-17/h2-7,10-13,21H,8-9,14-16H2,1H3,(H,29,31). The van der Waals surface area contributed by atoms with Gasteiger partial charge in [-0.15, -0.1) is 11.3 Å². The Hall–Kier alpha value is -3.43. The number of thiophene rings is 1. The van der Waals surface area contributed by atoms with E-state index in [4.69, 9.17) is 9.73 Å². The molecule has 9 heteroatoms. The van der Waals surface area contributed by atoms with Crippen LogP contribution in [0, 0.1) is 0 Å². The number of benzene rings is 2. The Morgan fingerprint density at radius 3 is 2.47 bits per heavy atom. The molecule has 36 heavy (non-hydrogen) atoms. The van der Waals surface area contributed by atoms with Gasteiger partial charge in [-0.05, 0) is 55.5 Å². The first-order valence-corrected chi connectivity index (χ1v) is 13.5. The molecule has 7 nitrogen and oxygen atoms in total. The van der Waals surface area contributed by atoms with Crippen molar-refractivity contribution in [1.29, 1.82) is 0 Å². The van der Waals surface area contributed by atoms with E-state index in [0.29, 0.717) is 21.4 Å². The molecule has 2 aliphatic rings. The second kappa shape index (κ2) is 10.7. The monoisotopic (exact) mass is 519 g/mol. The van der Waals surface area contributed by atoms with Gasteiger partial charge in [-0.2, -0.15) is 0 Å². The largest absolute Gasteiger partial charge is 0.465 e. The number of aliphatic imine (C=N–C) groups is 1. The Balaban J connectivity index is 1.38. The van der Waals surface area contributed by atoms with Crippen molar-refractivity contribution < 1.29 is 19.1 Å². The minimum atomic E-state index is -0.635. The summed E-state index contributed by atoms with van der Waals surface area (Å²) < 4.78 is 5.00. The number of hydrogen-bond acceptors (Lipinski definition) is 7. The maximum atomic E-state index is 13.4. The maximum Gasteiger partial charge on any atom is 0.341 e. The van der Waals surface area contributed by atoms with Gasteiger partial charge in [0, 0.05) is 11.3 Å². The second-order valence-corrected chi connectivity index (χ2v) is 10.8. The predicted octanol–water partition coefficient (Wildman–Crippen LogP) is 5.58. The lowest BCUT2D eigenvalue weighted by molar-refractivity contribution is -0.121. The van der Waals surface area contributed by atoms with Crippen LogP contribution in [-0.4, -0.2) is 35.3 Å². The van der Waals surface area contributed by atoms with Crippen LogP contribution in [0.4, 0.5) is 16.4 Å². The molecule has 2 heterocycles. The van der Waals surface area contributed by atoms with Crippen LogP contribution in [0.1, 0.15) is 40.1 Å². The summed E-state index contributed by atoms with van der Waals surface area (Å²) >= 11 is 2.71. The first-order valence-electron chi connectivity index (χ1n) is 11.8. The summed E-state index contributed by atoms with van der Waals surface area (Å²) in [7, 11) is 1.35. The van der Waals surface area contributed by atoms with Crippen LogP contribution < -0.4 is 10.2 Å². The van der Waals surface area contributed by atoms with E-state index in [9.17, 15) is 14.4 Å². The number of nitrogens with one attached hydrogen (secondary N) is 1. The predicted molar refractivity (Wildman–Crippen MR) is 144 cm³/mol. The number of ether oxygens (including phenoxy) is 1. The van der Waals surface area contributed by atoms with Crippen LogP contribution in [0.15, 0.2) is 65.7 Å². The molecular weight excluding hydrogens is 494 g/mol. The van der Waals surface area contributed by atoms with Crippen LogP contribution in [0.5, 0.6) is 0 Å². The number of nitrogens with zero attached hydrogens (tertiary/aromatic N) is 2. The molecule has 1 aliphatic carbocycles. The van der Waals surface area contributed by atoms with Crippen LogP contribution in [0.3, 0.4) is 0 Å². The highest BCUT2D eigenvalue weighted by atomic mass is 32.2. The van der Waals surface area contributed by atoms with Gasteiger partial charge < -0.3 is 10.1 Å². The van der Waals surface area contributed by atoms with Gasteiger partial charge in [0.1, 0.15) is 10.3 Å². The number of methoxy groups -OCH3 is 1. The van der Waals surface area contributed by atoms with Gasteiger partial charge in [0.05, 0.1) is 24.0 Å². The molecule has 1 aromatic heterocycles. The van der Waals surface area contributed by atoms with E-state index >= 15 is 0 Å². The lowest BCUT2D eigenvalue weighted by atomic mass is 9.95. The topological polar surface area (TPSA) is 88.1 Å². The molecule has 1 fully saturated rings. The normalized spacial score (nSPS) is 18.2. The second-order valence-electron chi connectivity index (χ2n) is 8.50. The van der Waals surface area contributed by atoms with E-state index in [1.807, 2.05) is 60.7 Å². The van der Waals surface area contributed by atoms with Crippen molar-refractivity contribution in [3.63, 3.8) is 0 Å². The number of carbonyl (C=O) groups excluding carboxylic acids is 3. The molecule has 0 radical (unpaired) electrons.